The van der Waals surface area contributed by atoms with Crippen LogP contribution < -0.4 is 4.89 Å². The maximum atomic E-state index is 12.7. The van der Waals surface area contributed by atoms with Crippen molar-refractivity contribution in [2.24, 2.45) is 0 Å². The number of phosphoric acid groups is 1. The molecule has 58 heavy (non-hydrogen) atoms. The first-order valence-corrected chi connectivity index (χ1v) is 26.2. The minimum Gasteiger partial charge on any atom is -0.756 e. The number of quaternary nitrogens is 1. The molecule has 0 N–H and O–H groups in total. The molecule has 2 atom stereocenters. The van der Waals surface area contributed by atoms with E-state index in [1.165, 1.54) is 180 Å². The van der Waals surface area contributed by atoms with E-state index in [2.05, 4.69) is 13.8 Å². The Morgan fingerprint density at radius 3 is 1.10 bits per heavy atom. The number of nitrogens with zero attached hydrogens (tertiary/aromatic N) is 1. The summed E-state index contributed by atoms with van der Waals surface area (Å²) in [5.74, 6) is -0.815. The number of hydrogen-bond acceptors (Lipinski definition) is 8. The van der Waals surface area contributed by atoms with Gasteiger partial charge in [0, 0.05) is 12.8 Å². The Hall–Kier alpha value is -0.990. The van der Waals surface area contributed by atoms with E-state index in [4.69, 9.17) is 18.5 Å². The van der Waals surface area contributed by atoms with E-state index < -0.39 is 26.5 Å². The van der Waals surface area contributed by atoms with E-state index >= 15 is 0 Å². The smallest absolute Gasteiger partial charge is 0.306 e. The standard InChI is InChI=1S/C48H96NO8P/c1-6-8-10-12-14-16-18-20-22-24-26-28-30-32-34-36-38-40-47(50)54-44-46(45-56-58(52,53)55-43-42-49(3,4)5)57-48(51)41-39-37-35-33-31-29-27-25-23-21-19-17-15-13-11-9-7-2/h46H,6-45H2,1-5H3. The van der Waals surface area contributed by atoms with Gasteiger partial charge in [0.05, 0.1) is 27.7 Å². The van der Waals surface area contributed by atoms with E-state index in [-0.39, 0.29) is 32.0 Å². The van der Waals surface area contributed by atoms with Crippen molar-refractivity contribution in [2.45, 2.75) is 251 Å². The molecule has 0 aromatic carbocycles. The van der Waals surface area contributed by atoms with Crippen LogP contribution in [0.25, 0.3) is 0 Å². The molecule has 0 bridgehead atoms. The fourth-order valence-corrected chi connectivity index (χ4v) is 7.97. The maximum absolute atomic E-state index is 12.7. The molecule has 346 valence electrons. The second-order valence-electron chi connectivity index (χ2n) is 18.2. The van der Waals surface area contributed by atoms with Gasteiger partial charge in [-0.2, -0.15) is 0 Å². The Balaban J connectivity index is 4.23. The summed E-state index contributed by atoms with van der Waals surface area (Å²) in [7, 11) is 1.19. The van der Waals surface area contributed by atoms with E-state index in [0.717, 1.165) is 32.1 Å². The predicted octanol–water partition coefficient (Wildman–Crippen LogP) is 13.7. The lowest BCUT2D eigenvalue weighted by Gasteiger charge is -2.28. The summed E-state index contributed by atoms with van der Waals surface area (Å²) in [6.07, 6.45) is 42.6. The Bertz CT molecular complexity index is 958. The molecule has 0 radical (unpaired) electrons. The van der Waals surface area contributed by atoms with Crippen LogP contribution in [0.15, 0.2) is 0 Å². The molecule has 2 unspecified atom stereocenters. The molecule has 0 heterocycles. The van der Waals surface area contributed by atoms with Crippen molar-refractivity contribution in [1.82, 2.24) is 0 Å². The van der Waals surface area contributed by atoms with Gasteiger partial charge in [-0.1, -0.05) is 219 Å². The third-order valence-electron chi connectivity index (χ3n) is 11.1. The van der Waals surface area contributed by atoms with Crippen molar-refractivity contribution < 1.29 is 42.1 Å². The molecule has 10 heteroatoms. The summed E-state index contributed by atoms with van der Waals surface area (Å²) in [4.78, 5) is 37.6. The van der Waals surface area contributed by atoms with Crippen molar-refractivity contribution in [1.29, 1.82) is 0 Å². The first kappa shape index (κ1) is 57.0. The summed E-state index contributed by atoms with van der Waals surface area (Å²) >= 11 is 0. The minimum atomic E-state index is -4.62. The third-order valence-corrected chi connectivity index (χ3v) is 12.1. The second-order valence-corrected chi connectivity index (χ2v) is 19.6. The zero-order valence-corrected chi connectivity index (χ0v) is 39.9. The van der Waals surface area contributed by atoms with Gasteiger partial charge in [0.15, 0.2) is 6.10 Å². The van der Waals surface area contributed by atoms with Crippen molar-refractivity contribution >= 4 is 19.8 Å². The molecular formula is C48H96NO8P. The van der Waals surface area contributed by atoms with Gasteiger partial charge >= 0.3 is 11.9 Å². The molecule has 9 nitrogen and oxygen atoms in total. The molecule has 0 spiro atoms. The molecule has 0 aliphatic heterocycles. The average molecular weight is 846 g/mol. The molecule has 0 fully saturated rings. The fraction of sp³-hybridized carbons (Fsp3) is 0.958. The summed E-state index contributed by atoms with van der Waals surface area (Å²) < 4.78 is 34.0. The number of unbranched alkanes of at least 4 members (excludes halogenated alkanes) is 32. The topological polar surface area (TPSA) is 111 Å². The van der Waals surface area contributed by atoms with Gasteiger partial charge in [0.2, 0.25) is 0 Å². The molecule has 0 aromatic rings. The Morgan fingerprint density at radius 2 is 0.776 bits per heavy atom. The number of phosphoric ester groups is 1. The maximum Gasteiger partial charge on any atom is 0.306 e. The summed E-state index contributed by atoms with van der Waals surface area (Å²) in [5.41, 5.74) is 0. The number of ether oxygens (including phenoxy) is 2. The van der Waals surface area contributed by atoms with E-state index in [1.54, 1.807) is 0 Å². The first-order chi connectivity index (χ1) is 28.0. The molecule has 0 rings (SSSR count). The molecule has 0 aliphatic carbocycles. The Labute approximate surface area is 359 Å². The Morgan fingerprint density at radius 1 is 0.466 bits per heavy atom. The van der Waals surface area contributed by atoms with Crippen LogP contribution in [0.3, 0.4) is 0 Å². The monoisotopic (exact) mass is 846 g/mol. The van der Waals surface area contributed by atoms with E-state index in [1.807, 2.05) is 21.1 Å². The number of carbonyl (C=O) groups is 2. The quantitative estimate of drug-likeness (QED) is 0.0258. The van der Waals surface area contributed by atoms with Gasteiger partial charge in [-0.15, -0.1) is 0 Å². The van der Waals surface area contributed by atoms with Crippen LogP contribution in [0, 0.1) is 0 Å². The van der Waals surface area contributed by atoms with Gasteiger partial charge in [-0.05, 0) is 12.8 Å². The van der Waals surface area contributed by atoms with Crippen LogP contribution in [-0.2, 0) is 32.7 Å². The highest BCUT2D eigenvalue weighted by Gasteiger charge is 2.21. The van der Waals surface area contributed by atoms with Crippen LogP contribution in [0.5, 0.6) is 0 Å². The lowest BCUT2D eigenvalue weighted by molar-refractivity contribution is -0.870. The normalized spacial score (nSPS) is 13.4. The van der Waals surface area contributed by atoms with Gasteiger partial charge in [-0.25, -0.2) is 0 Å². The molecule has 0 aliphatic rings. The van der Waals surface area contributed by atoms with Crippen LogP contribution in [-0.4, -0.2) is 70.0 Å². The van der Waals surface area contributed by atoms with Crippen molar-refractivity contribution in [3.8, 4) is 0 Å². The zero-order valence-electron chi connectivity index (χ0n) is 39.0. The number of hydrogen-bond donors (Lipinski definition) is 0. The van der Waals surface area contributed by atoms with Crippen LogP contribution in [0.1, 0.15) is 245 Å². The van der Waals surface area contributed by atoms with Crippen molar-refractivity contribution in [2.75, 3.05) is 47.5 Å². The largest absolute Gasteiger partial charge is 0.756 e. The van der Waals surface area contributed by atoms with E-state index in [0.29, 0.717) is 17.4 Å². The van der Waals surface area contributed by atoms with E-state index in [9.17, 15) is 19.0 Å². The second kappa shape index (κ2) is 41.4. The number of rotatable bonds is 46. The van der Waals surface area contributed by atoms with Crippen LogP contribution in [0.2, 0.25) is 0 Å². The number of esters is 2. The highest BCUT2D eigenvalue weighted by atomic mass is 31.2. The molecule has 0 amide bonds. The SMILES string of the molecule is CCCCCCCCCCCCCCCCCCCC(=O)OCC(COP(=O)([O-])OCC[N+](C)(C)C)OC(=O)CCCCCCCCCCCCCCCCCCC. The minimum absolute atomic E-state index is 0.0254. The summed E-state index contributed by atoms with van der Waals surface area (Å²) in [6, 6.07) is 0. The van der Waals surface area contributed by atoms with Gasteiger partial charge in [0.1, 0.15) is 19.8 Å². The summed E-state index contributed by atoms with van der Waals surface area (Å²) in [5, 5.41) is 0. The Kier molecular flexibility index (Phi) is 40.7. The van der Waals surface area contributed by atoms with Crippen molar-refractivity contribution in [3.05, 3.63) is 0 Å². The summed E-state index contributed by atoms with van der Waals surface area (Å²) in [6.45, 7) is 4.29. The molecule has 0 saturated heterocycles. The number of carbonyl (C=O) groups excluding carboxylic acids is 2. The van der Waals surface area contributed by atoms with Crippen molar-refractivity contribution in [3.63, 3.8) is 0 Å². The predicted molar refractivity (Wildman–Crippen MR) is 241 cm³/mol. The molecule has 0 aromatic heterocycles. The third kappa shape index (κ3) is 44.6. The highest BCUT2D eigenvalue weighted by molar-refractivity contribution is 7.45. The molecule has 0 saturated carbocycles. The lowest BCUT2D eigenvalue weighted by Crippen LogP contribution is -2.37. The van der Waals surface area contributed by atoms with Gasteiger partial charge in [-0.3, -0.25) is 14.2 Å². The van der Waals surface area contributed by atoms with Gasteiger partial charge < -0.3 is 27.9 Å². The van der Waals surface area contributed by atoms with Crippen LogP contribution >= 0.6 is 7.82 Å². The zero-order chi connectivity index (χ0) is 42.8. The average Bonchev–Trinajstić information content (AvgIpc) is 3.17. The van der Waals surface area contributed by atoms with Gasteiger partial charge in [0.25, 0.3) is 7.82 Å². The van der Waals surface area contributed by atoms with Crippen LogP contribution in [0.4, 0.5) is 0 Å². The first-order valence-electron chi connectivity index (χ1n) is 24.7. The molecular weight excluding hydrogens is 750 g/mol. The lowest BCUT2D eigenvalue weighted by atomic mass is 10.0. The number of likely N-dealkylation sites (N-methyl/N-ethyl adjacent to an activating group) is 1. The fourth-order valence-electron chi connectivity index (χ4n) is 7.25. The highest BCUT2D eigenvalue weighted by Crippen LogP contribution is 2.38.